The van der Waals surface area contributed by atoms with Crippen molar-refractivity contribution in [3.63, 3.8) is 0 Å². The van der Waals surface area contributed by atoms with E-state index in [4.69, 9.17) is 11.6 Å². The van der Waals surface area contributed by atoms with Crippen LogP contribution in [0.1, 0.15) is 15.2 Å². The van der Waals surface area contributed by atoms with Crippen LogP contribution in [0.15, 0.2) is 41.6 Å². The van der Waals surface area contributed by atoms with E-state index in [2.05, 4.69) is 4.98 Å². The maximum absolute atomic E-state index is 12.1. The van der Waals surface area contributed by atoms with E-state index in [1.807, 2.05) is 16.7 Å². The van der Waals surface area contributed by atoms with Gasteiger partial charge in [0, 0.05) is 12.3 Å². The first-order valence-electron chi connectivity index (χ1n) is 5.78. The highest BCUT2D eigenvalue weighted by Gasteiger charge is 2.16. The third-order valence-corrected chi connectivity index (χ3v) is 3.97. The molecule has 5 nitrogen and oxygen atoms in total. The van der Waals surface area contributed by atoms with Crippen molar-refractivity contribution in [2.24, 2.45) is 0 Å². The maximum atomic E-state index is 12.1. The number of pyridine rings is 1. The zero-order valence-electron chi connectivity index (χ0n) is 10.2. The molecule has 0 aliphatic carbocycles. The van der Waals surface area contributed by atoms with Gasteiger partial charge in [-0.05, 0) is 6.07 Å². The first kappa shape index (κ1) is 13.0. The number of carbonyl (C=O) groups excluding carboxylic acids is 1. The average Bonchev–Trinajstić information content (AvgIpc) is 2.87. The Morgan fingerprint density at radius 3 is 3.00 bits per heavy atom. The molecule has 0 unspecified atom stereocenters. The lowest BCUT2D eigenvalue weighted by molar-refractivity contribution is -0.665. The van der Waals surface area contributed by atoms with Crippen LogP contribution in [0.2, 0.25) is 4.47 Å². The summed E-state index contributed by atoms with van der Waals surface area (Å²) < 4.78 is 3.75. The van der Waals surface area contributed by atoms with Gasteiger partial charge in [-0.15, -0.1) is 11.3 Å². The fraction of sp³-hybridized carbons (Fsp3) is 0.0769. The Kier molecular flexibility index (Phi) is 3.33. The molecule has 100 valence electrons. The molecule has 0 N–H and O–H groups in total. The highest BCUT2D eigenvalue weighted by Crippen LogP contribution is 2.17. The van der Waals surface area contributed by atoms with Crippen LogP contribution in [0.25, 0.3) is 5.65 Å². The Bertz CT molecular complexity index is 856. The normalized spacial score (nSPS) is 10.8. The molecule has 0 amide bonds. The van der Waals surface area contributed by atoms with E-state index in [1.165, 1.54) is 15.7 Å². The Morgan fingerprint density at radius 1 is 1.45 bits per heavy atom. The fourth-order valence-electron chi connectivity index (χ4n) is 2.00. The predicted molar refractivity (Wildman–Crippen MR) is 75.5 cm³/mol. The van der Waals surface area contributed by atoms with Gasteiger partial charge in [0.15, 0.2) is 10.8 Å². The van der Waals surface area contributed by atoms with Crippen LogP contribution in [-0.4, -0.2) is 15.7 Å². The summed E-state index contributed by atoms with van der Waals surface area (Å²) in [4.78, 5) is 28.0. The number of aldehydes is 1. The van der Waals surface area contributed by atoms with E-state index < -0.39 is 0 Å². The molecule has 3 rings (SSSR count). The van der Waals surface area contributed by atoms with E-state index in [0.717, 1.165) is 4.88 Å². The lowest BCUT2D eigenvalue weighted by Gasteiger charge is -2.02. The Labute approximate surface area is 122 Å². The summed E-state index contributed by atoms with van der Waals surface area (Å²) in [5.41, 5.74) is 0.492. The van der Waals surface area contributed by atoms with Crippen molar-refractivity contribution >= 4 is 34.9 Å². The second-order valence-corrected chi connectivity index (χ2v) is 5.84. The van der Waals surface area contributed by atoms with E-state index in [1.54, 1.807) is 24.7 Å². The maximum Gasteiger partial charge on any atom is 0.352 e. The van der Waals surface area contributed by atoms with Crippen molar-refractivity contribution in [1.82, 2.24) is 9.38 Å². The minimum Gasteiger partial charge on any atom is -0.297 e. The molecule has 7 heteroatoms. The van der Waals surface area contributed by atoms with Gasteiger partial charge in [0.1, 0.15) is 18.3 Å². The topological polar surface area (TPSA) is 55.3 Å². The van der Waals surface area contributed by atoms with E-state index in [9.17, 15) is 9.59 Å². The first-order valence-corrected chi connectivity index (χ1v) is 6.98. The number of hydrogen-bond acceptors (Lipinski definition) is 4. The van der Waals surface area contributed by atoms with Gasteiger partial charge in [0.25, 0.3) is 5.65 Å². The first-order chi connectivity index (χ1) is 9.69. The van der Waals surface area contributed by atoms with Crippen molar-refractivity contribution in [1.29, 1.82) is 0 Å². The summed E-state index contributed by atoms with van der Waals surface area (Å²) in [6.07, 6.45) is 5.45. The van der Waals surface area contributed by atoms with Crippen molar-refractivity contribution in [2.75, 3.05) is 0 Å². The Morgan fingerprint density at radius 2 is 2.30 bits per heavy atom. The third kappa shape index (κ3) is 2.23. The second kappa shape index (κ2) is 5.15. The molecular weight excluding hydrogens is 298 g/mol. The Hall–Kier alpha value is -2.05. The fourth-order valence-corrected chi connectivity index (χ4v) is 2.98. The second-order valence-electron chi connectivity index (χ2n) is 4.14. The van der Waals surface area contributed by atoms with Gasteiger partial charge in [-0.25, -0.2) is 14.3 Å². The standard InChI is InChI=1S/C13H9ClN3O2S/c14-13-15-5-10(20-13)7-16-6-9(8-18)12(19)17-4-2-1-3-11(16)17/h1-6,8H,7H2/q+1. The van der Waals surface area contributed by atoms with Gasteiger partial charge >= 0.3 is 5.56 Å². The van der Waals surface area contributed by atoms with Crippen molar-refractivity contribution in [3.8, 4) is 0 Å². The summed E-state index contributed by atoms with van der Waals surface area (Å²) in [5.74, 6) is 0. The lowest BCUT2D eigenvalue weighted by Crippen LogP contribution is -2.41. The number of fused-ring (bicyclic) bond motifs is 1. The third-order valence-electron chi connectivity index (χ3n) is 2.87. The minimum absolute atomic E-state index is 0.115. The molecule has 0 bridgehead atoms. The van der Waals surface area contributed by atoms with Crippen LogP contribution in [0.5, 0.6) is 0 Å². The molecule has 0 aromatic carbocycles. The number of thiazole rings is 1. The van der Waals surface area contributed by atoms with Gasteiger partial charge in [0.2, 0.25) is 0 Å². The summed E-state index contributed by atoms with van der Waals surface area (Å²) in [7, 11) is 0. The molecule has 0 saturated heterocycles. The van der Waals surface area contributed by atoms with E-state index in [0.29, 0.717) is 22.9 Å². The summed E-state index contributed by atoms with van der Waals surface area (Å²) in [5, 5.41) is 0. The number of carbonyl (C=O) groups is 1. The molecule has 3 aromatic rings. The predicted octanol–water partition coefficient (Wildman–Crippen LogP) is 1.56. The van der Waals surface area contributed by atoms with E-state index >= 15 is 0 Å². The number of hydrogen-bond donors (Lipinski definition) is 0. The highest BCUT2D eigenvalue weighted by atomic mass is 35.5. The van der Waals surface area contributed by atoms with Crippen molar-refractivity contribution in [2.45, 2.75) is 6.54 Å². The molecule has 0 atom stereocenters. The average molecular weight is 307 g/mol. The molecule has 0 fully saturated rings. The zero-order chi connectivity index (χ0) is 14.1. The molecular formula is C13H9ClN3O2S+. The number of nitrogens with zero attached hydrogens (tertiary/aromatic N) is 3. The largest absolute Gasteiger partial charge is 0.352 e. The van der Waals surface area contributed by atoms with Crippen LogP contribution >= 0.6 is 22.9 Å². The SMILES string of the molecule is O=Cc1c[n+](Cc2cnc(Cl)s2)c2ccccn2c1=O. The molecule has 0 aliphatic heterocycles. The lowest BCUT2D eigenvalue weighted by atomic mass is 10.3. The zero-order valence-corrected chi connectivity index (χ0v) is 11.8. The van der Waals surface area contributed by atoms with E-state index in [-0.39, 0.29) is 11.1 Å². The quantitative estimate of drug-likeness (QED) is 0.545. The van der Waals surface area contributed by atoms with Crippen LogP contribution in [0.4, 0.5) is 0 Å². The summed E-state index contributed by atoms with van der Waals surface area (Å²) in [6.45, 7) is 0.499. The van der Waals surface area contributed by atoms with Gasteiger partial charge in [-0.3, -0.25) is 4.79 Å². The monoisotopic (exact) mass is 306 g/mol. The molecule has 0 saturated carbocycles. The molecule has 0 spiro atoms. The smallest absolute Gasteiger partial charge is 0.297 e. The van der Waals surface area contributed by atoms with Gasteiger partial charge in [-0.1, -0.05) is 17.7 Å². The van der Waals surface area contributed by atoms with Crippen molar-refractivity contribution in [3.05, 3.63) is 62.1 Å². The molecule has 0 radical (unpaired) electrons. The molecule has 3 heterocycles. The number of aromatic nitrogens is 3. The molecule has 3 aromatic heterocycles. The van der Waals surface area contributed by atoms with Crippen LogP contribution in [-0.2, 0) is 6.54 Å². The van der Waals surface area contributed by atoms with Crippen LogP contribution < -0.4 is 10.1 Å². The Balaban J connectivity index is 2.21. The minimum atomic E-state index is -0.325. The van der Waals surface area contributed by atoms with Gasteiger partial charge < -0.3 is 0 Å². The molecule has 20 heavy (non-hydrogen) atoms. The van der Waals surface area contributed by atoms with Gasteiger partial charge in [-0.2, -0.15) is 4.40 Å². The van der Waals surface area contributed by atoms with Crippen molar-refractivity contribution < 1.29 is 9.36 Å². The summed E-state index contributed by atoms with van der Waals surface area (Å²) in [6, 6.07) is 5.40. The summed E-state index contributed by atoms with van der Waals surface area (Å²) >= 11 is 7.18. The van der Waals surface area contributed by atoms with Crippen LogP contribution in [0, 0.1) is 0 Å². The van der Waals surface area contributed by atoms with Gasteiger partial charge in [0.05, 0.1) is 11.1 Å². The number of halogens is 1. The van der Waals surface area contributed by atoms with Crippen LogP contribution in [0.3, 0.4) is 0 Å². The number of rotatable bonds is 3. The highest BCUT2D eigenvalue weighted by molar-refractivity contribution is 7.15. The molecule has 0 aliphatic rings.